The predicted molar refractivity (Wildman–Crippen MR) is 73.3 cm³/mol. The molecule has 2 rings (SSSR count). The van der Waals surface area contributed by atoms with E-state index < -0.39 is 0 Å². The van der Waals surface area contributed by atoms with Crippen LogP contribution in [0.4, 0.5) is 0 Å². The molecule has 0 atom stereocenters. The molecule has 0 aromatic rings. The topological polar surface area (TPSA) is 40.5 Å². The second kappa shape index (κ2) is 4.88. The standard InChI is InChI=1S/C14H16O2S/c1-9(15)5-11-7-17-8-12-6-13(16)3-4-14(12)10(11)2/h5-6,15-16H,1-4,7-8H2/b11-5-. The summed E-state index contributed by atoms with van der Waals surface area (Å²) in [5.41, 5.74) is 4.38. The minimum Gasteiger partial charge on any atom is -0.512 e. The number of allylic oxidation sites excluding steroid dienone is 5. The highest BCUT2D eigenvalue weighted by Gasteiger charge is 2.20. The number of thioether (sulfide) groups is 1. The molecule has 0 saturated carbocycles. The Hall–Kier alpha value is -1.35. The second-order valence-corrected chi connectivity index (χ2v) is 5.26. The van der Waals surface area contributed by atoms with E-state index in [2.05, 4.69) is 13.2 Å². The van der Waals surface area contributed by atoms with Crippen molar-refractivity contribution >= 4 is 11.8 Å². The molecule has 2 N–H and O–H groups in total. The van der Waals surface area contributed by atoms with Crippen LogP contribution in [0.25, 0.3) is 0 Å². The van der Waals surface area contributed by atoms with Gasteiger partial charge in [-0.1, -0.05) is 13.2 Å². The number of hydrogen-bond donors (Lipinski definition) is 2. The minimum absolute atomic E-state index is 0.0694. The van der Waals surface area contributed by atoms with Gasteiger partial charge < -0.3 is 10.2 Å². The molecule has 0 amide bonds. The van der Waals surface area contributed by atoms with Crippen molar-refractivity contribution in [3.8, 4) is 0 Å². The molecule has 0 aromatic carbocycles. The molecule has 2 nitrogen and oxygen atoms in total. The van der Waals surface area contributed by atoms with Crippen molar-refractivity contribution in [2.24, 2.45) is 0 Å². The number of aliphatic hydroxyl groups excluding tert-OH is 2. The van der Waals surface area contributed by atoms with Crippen molar-refractivity contribution < 1.29 is 10.2 Å². The van der Waals surface area contributed by atoms with Crippen LogP contribution in [0, 0.1) is 0 Å². The molecule has 3 heteroatoms. The van der Waals surface area contributed by atoms with Gasteiger partial charge in [-0.05, 0) is 40.9 Å². The fraction of sp³-hybridized carbons (Fsp3) is 0.286. The van der Waals surface area contributed by atoms with E-state index in [0.29, 0.717) is 12.2 Å². The van der Waals surface area contributed by atoms with Gasteiger partial charge in [0, 0.05) is 17.9 Å². The van der Waals surface area contributed by atoms with E-state index in [9.17, 15) is 10.2 Å². The average molecular weight is 248 g/mol. The fourth-order valence-corrected chi connectivity index (χ4v) is 3.19. The van der Waals surface area contributed by atoms with Crippen LogP contribution in [-0.2, 0) is 0 Å². The summed E-state index contributed by atoms with van der Waals surface area (Å²) in [6.07, 6.45) is 5.04. The zero-order valence-electron chi connectivity index (χ0n) is 9.70. The third kappa shape index (κ3) is 2.67. The van der Waals surface area contributed by atoms with E-state index in [-0.39, 0.29) is 5.76 Å². The van der Waals surface area contributed by atoms with Crippen molar-refractivity contribution in [3.05, 3.63) is 59.1 Å². The Kier molecular flexibility index (Phi) is 3.48. The highest BCUT2D eigenvalue weighted by atomic mass is 32.2. The Labute approximate surface area is 106 Å². The van der Waals surface area contributed by atoms with Gasteiger partial charge >= 0.3 is 0 Å². The lowest BCUT2D eigenvalue weighted by Gasteiger charge is -2.17. The van der Waals surface area contributed by atoms with E-state index in [1.54, 1.807) is 17.8 Å². The number of hydrogen-bond acceptors (Lipinski definition) is 3. The highest BCUT2D eigenvalue weighted by Crippen LogP contribution is 2.37. The molecule has 0 aromatic heterocycles. The Morgan fingerprint density at radius 2 is 2.12 bits per heavy atom. The first-order chi connectivity index (χ1) is 8.08. The summed E-state index contributed by atoms with van der Waals surface area (Å²) in [5.74, 6) is 2.23. The summed E-state index contributed by atoms with van der Waals surface area (Å²) in [4.78, 5) is 0. The van der Waals surface area contributed by atoms with Crippen LogP contribution in [0.3, 0.4) is 0 Å². The van der Waals surface area contributed by atoms with E-state index in [1.165, 1.54) is 5.57 Å². The van der Waals surface area contributed by atoms with Gasteiger partial charge in [-0.2, -0.15) is 11.8 Å². The summed E-state index contributed by atoms with van der Waals surface area (Å²) >= 11 is 1.76. The van der Waals surface area contributed by atoms with Gasteiger partial charge in [0.25, 0.3) is 0 Å². The van der Waals surface area contributed by atoms with Crippen molar-refractivity contribution in [2.75, 3.05) is 11.5 Å². The van der Waals surface area contributed by atoms with Gasteiger partial charge in [0.15, 0.2) is 0 Å². The van der Waals surface area contributed by atoms with Crippen LogP contribution in [0.2, 0.25) is 0 Å². The molecule has 1 aliphatic carbocycles. The first-order valence-electron chi connectivity index (χ1n) is 5.55. The molecule has 90 valence electrons. The number of aliphatic hydroxyl groups is 2. The van der Waals surface area contributed by atoms with Crippen molar-refractivity contribution in [1.82, 2.24) is 0 Å². The Balaban J connectivity index is 2.38. The molecule has 17 heavy (non-hydrogen) atoms. The molecule has 0 saturated heterocycles. The van der Waals surface area contributed by atoms with Crippen LogP contribution in [0.15, 0.2) is 59.1 Å². The summed E-state index contributed by atoms with van der Waals surface area (Å²) in [7, 11) is 0. The SMILES string of the molecule is C=C(O)/C=C1/CSCC2=C(CCC(O)=C2)C1=C. The lowest BCUT2D eigenvalue weighted by molar-refractivity contribution is 0.385. The molecule has 0 fully saturated rings. The third-order valence-corrected chi connectivity index (χ3v) is 4.00. The predicted octanol–water partition coefficient (Wildman–Crippen LogP) is 3.82. The largest absolute Gasteiger partial charge is 0.512 e. The van der Waals surface area contributed by atoms with Crippen LogP contribution in [-0.4, -0.2) is 21.7 Å². The number of rotatable bonds is 1. The molecule has 0 spiro atoms. The van der Waals surface area contributed by atoms with Gasteiger partial charge in [-0.15, -0.1) is 0 Å². The van der Waals surface area contributed by atoms with Gasteiger partial charge in [0.1, 0.15) is 5.76 Å². The van der Waals surface area contributed by atoms with Gasteiger partial charge in [-0.3, -0.25) is 0 Å². The van der Waals surface area contributed by atoms with Crippen molar-refractivity contribution in [3.63, 3.8) is 0 Å². The van der Waals surface area contributed by atoms with Crippen LogP contribution in [0.5, 0.6) is 0 Å². The normalized spacial score (nSPS) is 23.2. The minimum atomic E-state index is 0.0694. The molecule has 1 aliphatic heterocycles. The summed E-state index contributed by atoms with van der Waals surface area (Å²) < 4.78 is 0. The Morgan fingerprint density at radius 1 is 1.35 bits per heavy atom. The quantitative estimate of drug-likeness (QED) is 0.693. The highest BCUT2D eigenvalue weighted by molar-refractivity contribution is 7.99. The first kappa shape index (κ1) is 12.1. The molecule has 0 radical (unpaired) electrons. The molecule has 0 bridgehead atoms. The third-order valence-electron chi connectivity index (χ3n) is 2.97. The monoisotopic (exact) mass is 248 g/mol. The maximum atomic E-state index is 9.56. The Bertz CT molecular complexity index is 467. The summed E-state index contributed by atoms with van der Waals surface area (Å²) in [6, 6.07) is 0. The maximum Gasteiger partial charge on any atom is 0.108 e. The zero-order valence-corrected chi connectivity index (χ0v) is 10.5. The van der Waals surface area contributed by atoms with Crippen LogP contribution in [0.1, 0.15) is 12.8 Å². The molecular formula is C14H16O2S. The van der Waals surface area contributed by atoms with Crippen molar-refractivity contribution in [2.45, 2.75) is 12.8 Å². The van der Waals surface area contributed by atoms with Crippen LogP contribution >= 0.6 is 11.8 Å². The van der Waals surface area contributed by atoms with Gasteiger partial charge in [-0.25, -0.2) is 0 Å². The summed E-state index contributed by atoms with van der Waals surface area (Å²) in [6.45, 7) is 7.61. The summed E-state index contributed by atoms with van der Waals surface area (Å²) in [5, 5.41) is 18.8. The Morgan fingerprint density at radius 3 is 2.82 bits per heavy atom. The van der Waals surface area contributed by atoms with E-state index >= 15 is 0 Å². The smallest absolute Gasteiger partial charge is 0.108 e. The average Bonchev–Trinajstić information content (AvgIpc) is 2.39. The molecule has 1 heterocycles. The maximum absolute atomic E-state index is 9.56. The molecule has 0 unspecified atom stereocenters. The van der Waals surface area contributed by atoms with Gasteiger partial charge in [0.05, 0.1) is 5.76 Å². The molecule has 2 aliphatic rings. The van der Waals surface area contributed by atoms with Crippen LogP contribution < -0.4 is 0 Å². The lowest BCUT2D eigenvalue weighted by Crippen LogP contribution is -2.02. The van der Waals surface area contributed by atoms with E-state index in [4.69, 9.17) is 0 Å². The zero-order chi connectivity index (χ0) is 12.4. The lowest BCUT2D eigenvalue weighted by atomic mass is 9.89. The van der Waals surface area contributed by atoms with E-state index in [1.807, 2.05) is 6.08 Å². The fourth-order valence-electron chi connectivity index (χ4n) is 2.13. The first-order valence-corrected chi connectivity index (χ1v) is 6.71. The second-order valence-electron chi connectivity index (χ2n) is 4.27. The molecular weight excluding hydrogens is 232 g/mol. The van der Waals surface area contributed by atoms with Crippen molar-refractivity contribution in [1.29, 1.82) is 0 Å². The van der Waals surface area contributed by atoms with Gasteiger partial charge in [0.2, 0.25) is 0 Å². The van der Waals surface area contributed by atoms with E-state index in [0.717, 1.165) is 34.6 Å².